The van der Waals surface area contributed by atoms with E-state index >= 15 is 0 Å². The maximum Gasteiger partial charge on any atom is 0.407 e. The van der Waals surface area contributed by atoms with Gasteiger partial charge in [-0.3, -0.25) is 0 Å². The second-order valence-electron chi connectivity index (χ2n) is 8.82. The number of amides is 1. The number of ether oxygens (including phenoxy) is 1. The van der Waals surface area contributed by atoms with Gasteiger partial charge >= 0.3 is 6.09 Å². The zero-order valence-electron chi connectivity index (χ0n) is 17.4. The lowest BCUT2D eigenvalue weighted by Crippen LogP contribution is -2.54. The molecule has 1 aliphatic rings. The SMILES string of the molecule is CC(C)(C)OC(=O)NC[C@H]1CCN1c1ccc(F)cc1/C=N/[S@+]([O-])C(C)(C)C. The van der Waals surface area contributed by atoms with E-state index in [0.29, 0.717) is 12.1 Å². The van der Waals surface area contributed by atoms with Gasteiger partial charge in [0, 0.05) is 30.4 Å². The first-order chi connectivity index (χ1) is 12.9. The second kappa shape index (κ2) is 8.69. The number of rotatable bonds is 5. The molecular formula is C20H30FN3O3S. The molecule has 1 saturated heterocycles. The Morgan fingerprint density at radius 2 is 2.07 bits per heavy atom. The normalized spacial score (nSPS) is 18.7. The molecule has 1 amide bonds. The first-order valence-corrected chi connectivity index (χ1v) is 10.5. The van der Waals surface area contributed by atoms with Gasteiger partial charge in [0.2, 0.25) is 0 Å². The Morgan fingerprint density at radius 3 is 2.61 bits per heavy atom. The Morgan fingerprint density at radius 1 is 1.39 bits per heavy atom. The molecule has 0 saturated carbocycles. The van der Waals surface area contributed by atoms with Crippen molar-refractivity contribution in [3.8, 4) is 0 Å². The van der Waals surface area contributed by atoms with Crippen LogP contribution >= 0.6 is 0 Å². The Kier molecular flexibility index (Phi) is 6.98. The Labute approximate surface area is 169 Å². The summed E-state index contributed by atoms with van der Waals surface area (Å²) in [5, 5.41) is 2.78. The molecule has 2 atom stereocenters. The number of nitrogens with zero attached hydrogens (tertiary/aromatic N) is 2. The summed E-state index contributed by atoms with van der Waals surface area (Å²) in [5.74, 6) is -0.379. The molecule has 156 valence electrons. The van der Waals surface area contributed by atoms with Crippen LogP contribution in [0.5, 0.6) is 0 Å². The van der Waals surface area contributed by atoms with Crippen molar-refractivity contribution in [1.29, 1.82) is 0 Å². The van der Waals surface area contributed by atoms with Gasteiger partial charge in [-0.1, -0.05) is 4.40 Å². The maximum absolute atomic E-state index is 13.8. The standard InChI is InChI=1S/C20H30FN3O3S/c1-19(2,3)27-18(25)22-13-16-9-10-24(16)17-8-7-15(21)11-14(17)12-23-28(26)20(4,5)6/h7-8,11-12,16H,9-10,13H2,1-6H3,(H,22,25)/b23-12+/t16-,28-/m1/s1. The van der Waals surface area contributed by atoms with Crippen molar-refractivity contribution in [2.24, 2.45) is 4.40 Å². The van der Waals surface area contributed by atoms with Gasteiger partial charge in [-0.15, -0.1) is 0 Å². The predicted octanol–water partition coefficient (Wildman–Crippen LogP) is 3.81. The van der Waals surface area contributed by atoms with Gasteiger partial charge in [0.1, 0.15) is 27.5 Å². The molecule has 0 bridgehead atoms. The van der Waals surface area contributed by atoms with Gasteiger partial charge in [-0.25, -0.2) is 9.18 Å². The van der Waals surface area contributed by atoms with Crippen LogP contribution in [0.2, 0.25) is 0 Å². The molecule has 0 aliphatic carbocycles. The highest BCUT2D eigenvalue weighted by atomic mass is 32.2. The lowest BCUT2D eigenvalue weighted by atomic mass is 9.99. The Balaban J connectivity index is 2.08. The van der Waals surface area contributed by atoms with Crippen LogP contribution < -0.4 is 10.2 Å². The van der Waals surface area contributed by atoms with Crippen molar-refractivity contribution in [3.05, 3.63) is 29.6 Å². The van der Waals surface area contributed by atoms with Gasteiger partial charge in [0.05, 0.1) is 6.21 Å². The van der Waals surface area contributed by atoms with E-state index in [2.05, 4.69) is 14.6 Å². The number of hydrogen-bond acceptors (Lipinski definition) is 5. The smallest absolute Gasteiger partial charge is 0.407 e. The topological polar surface area (TPSA) is 77.0 Å². The molecule has 0 radical (unpaired) electrons. The molecule has 1 N–H and O–H groups in total. The van der Waals surface area contributed by atoms with E-state index in [4.69, 9.17) is 4.74 Å². The second-order valence-corrected chi connectivity index (χ2v) is 10.8. The van der Waals surface area contributed by atoms with Crippen molar-refractivity contribution in [3.63, 3.8) is 0 Å². The summed E-state index contributed by atoms with van der Waals surface area (Å²) >= 11 is -1.42. The predicted molar refractivity (Wildman–Crippen MR) is 112 cm³/mol. The third-order valence-corrected chi connectivity index (χ3v) is 5.48. The molecule has 1 aromatic rings. The van der Waals surface area contributed by atoms with E-state index in [0.717, 1.165) is 18.7 Å². The zero-order valence-corrected chi connectivity index (χ0v) is 18.2. The quantitative estimate of drug-likeness (QED) is 0.590. The minimum Gasteiger partial charge on any atom is -0.591 e. The number of carbonyl (C=O) groups is 1. The van der Waals surface area contributed by atoms with Crippen molar-refractivity contribution in [1.82, 2.24) is 5.32 Å². The van der Waals surface area contributed by atoms with Gasteiger partial charge < -0.3 is 19.5 Å². The summed E-state index contributed by atoms with van der Waals surface area (Å²) in [6, 6.07) is 4.55. The summed E-state index contributed by atoms with van der Waals surface area (Å²) < 4.78 is 34.8. The van der Waals surface area contributed by atoms with Crippen molar-refractivity contribution in [2.75, 3.05) is 18.0 Å². The molecule has 0 unspecified atom stereocenters. The van der Waals surface area contributed by atoms with Crippen LogP contribution in [0.25, 0.3) is 0 Å². The number of benzene rings is 1. The number of carbonyl (C=O) groups excluding carboxylic acids is 1. The van der Waals surface area contributed by atoms with Crippen LogP contribution in [-0.4, -0.2) is 46.3 Å². The highest BCUT2D eigenvalue weighted by Gasteiger charge is 2.31. The average molecular weight is 412 g/mol. The minimum atomic E-state index is -1.42. The molecular weight excluding hydrogens is 381 g/mol. The highest BCUT2D eigenvalue weighted by Crippen LogP contribution is 2.30. The number of hydrogen-bond donors (Lipinski definition) is 1. The van der Waals surface area contributed by atoms with Crippen LogP contribution in [-0.2, 0) is 16.1 Å². The molecule has 1 heterocycles. The van der Waals surface area contributed by atoms with Crippen LogP contribution in [0.3, 0.4) is 0 Å². The van der Waals surface area contributed by atoms with Crippen molar-refractivity contribution < 1.29 is 18.5 Å². The monoisotopic (exact) mass is 411 g/mol. The van der Waals surface area contributed by atoms with Crippen LogP contribution in [0.1, 0.15) is 53.5 Å². The first kappa shape index (κ1) is 22.5. The average Bonchev–Trinajstić information content (AvgIpc) is 2.51. The summed E-state index contributed by atoms with van der Waals surface area (Å²) in [4.78, 5) is 14.0. The van der Waals surface area contributed by atoms with Gasteiger partial charge in [-0.2, -0.15) is 0 Å². The molecule has 0 aromatic heterocycles. The largest absolute Gasteiger partial charge is 0.591 e. The van der Waals surface area contributed by atoms with E-state index in [1.807, 2.05) is 41.5 Å². The highest BCUT2D eigenvalue weighted by molar-refractivity contribution is 7.91. The maximum atomic E-state index is 13.8. The van der Waals surface area contributed by atoms with E-state index in [1.54, 1.807) is 6.07 Å². The number of nitrogens with one attached hydrogen (secondary N) is 1. The molecule has 0 spiro atoms. The fourth-order valence-electron chi connectivity index (χ4n) is 2.64. The third kappa shape index (κ3) is 6.38. The van der Waals surface area contributed by atoms with Crippen molar-refractivity contribution in [2.45, 2.75) is 64.4 Å². The first-order valence-electron chi connectivity index (χ1n) is 9.36. The molecule has 1 fully saturated rings. The third-order valence-electron chi connectivity index (χ3n) is 4.14. The fraction of sp³-hybridized carbons (Fsp3) is 0.600. The molecule has 2 rings (SSSR count). The lowest BCUT2D eigenvalue weighted by Gasteiger charge is -2.43. The molecule has 28 heavy (non-hydrogen) atoms. The van der Waals surface area contributed by atoms with Crippen LogP contribution in [0, 0.1) is 5.82 Å². The van der Waals surface area contributed by atoms with Gasteiger partial charge in [-0.05, 0) is 66.2 Å². The van der Waals surface area contributed by atoms with Gasteiger partial charge in [0.15, 0.2) is 0 Å². The lowest BCUT2D eigenvalue weighted by molar-refractivity contribution is 0.0521. The number of alkyl carbamates (subject to hydrolysis) is 1. The minimum absolute atomic E-state index is 0.0817. The van der Waals surface area contributed by atoms with Crippen LogP contribution in [0.4, 0.5) is 14.9 Å². The summed E-state index contributed by atoms with van der Waals surface area (Å²) in [6.07, 6.45) is 1.91. The summed E-state index contributed by atoms with van der Waals surface area (Å²) in [5.41, 5.74) is 0.824. The van der Waals surface area contributed by atoms with Crippen molar-refractivity contribution >= 4 is 29.4 Å². The number of halogens is 1. The van der Waals surface area contributed by atoms with Crippen LogP contribution in [0.15, 0.2) is 22.6 Å². The number of anilines is 1. The molecule has 8 heteroatoms. The van der Waals surface area contributed by atoms with E-state index in [1.165, 1.54) is 18.3 Å². The van der Waals surface area contributed by atoms with E-state index in [-0.39, 0.29) is 11.9 Å². The Bertz CT molecular complexity index is 728. The molecule has 1 aromatic carbocycles. The van der Waals surface area contributed by atoms with E-state index in [9.17, 15) is 13.7 Å². The van der Waals surface area contributed by atoms with Gasteiger partial charge in [0.25, 0.3) is 0 Å². The fourth-order valence-corrected chi connectivity index (χ4v) is 3.16. The summed E-state index contributed by atoms with van der Waals surface area (Å²) in [7, 11) is 0. The Hall–Kier alpha value is -1.80. The molecule has 1 aliphatic heterocycles. The van der Waals surface area contributed by atoms with E-state index < -0.39 is 27.8 Å². The summed E-state index contributed by atoms with van der Waals surface area (Å²) in [6.45, 7) is 12.2. The zero-order chi connectivity index (χ0) is 21.1. The molecule has 6 nitrogen and oxygen atoms in total.